The Bertz CT molecular complexity index is 829. The molecule has 0 radical (unpaired) electrons. The molecule has 2 aliphatic heterocycles. The van der Waals surface area contributed by atoms with Gasteiger partial charge in [0.1, 0.15) is 6.10 Å². The van der Waals surface area contributed by atoms with Gasteiger partial charge in [-0.3, -0.25) is 0 Å². The molecule has 0 saturated carbocycles. The van der Waals surface area contributed by atoms with E-state index in [0.29, 0.717) is 5.56 Å². The highest BCUT2D eigenvalue weighted by atomic mass is 16.6. The number of aliphatic hydroxyl groups is 2. The van der Waals surface area contributed by atoms with Crippen LogP contribution < -0.4 is 0 Å². The molecule has 0 aromatic heterocycles. The highest BCUT2D eigenvalue weighted by Crippen LogP contribution is 2.40. The molecule has 27 heavy (non-hydrogen) atoms. The predicted molar refractivity (Wildman–Crippen MR) is 99.6 cm³/mol. The van der Waals surface area contributed by atoms with Gasteiger partial charge in [-0.15, -0.1) is 0 Å². The van der Waals surface area contributed by atoms with Crippen molar-refractivity contribution in [1.82, 2.24) is 0 Å². The second-order valence-corrected chi connectivity index (χ2v) is 7.30. The highest BCUT2D eigenvalue weighted by molar-refractivity contribution is 5.92. The molecular formula is C22H24O5. The van der Waals surface area contributed by atoms with E-state index in [4.69, 9.17) is 9.47 Å². The van der Waals surface area contributed by atoms with Crippen LogP contribution in [0.2, 0.25) is 0 Å². The zero-order valence-electron chi connectivity index (χ0n) is 15.3. The number of benzene rings is 2. The van der Waals surface area contributed by atoms with E-state index in [9.17, 15) is 15.0 Å². The van der Waals surface area contributed by atoms with Crippen LogP contribution in [0, 0.1) is 0 Å². The first kappa shape index (κ1) is 18.2. The number of aryl methyl sites for hydroxylation is 1. The molecular weight excluding hydrogens is 344 g/mol. The number of hydrogen-bond donors (Lipinski definition) is 2. The predicted octanol–water partition coefficient (Wildman–Crippen LogP) is 2.56. The lowest BCUT2D eigenvalue weighted by atomic mass is 9.87. The molecule has 142 valence electrons. The number of carbonyl (C=O) groups is 1. The maximum Gasteiger partial charge on any atom is 0.338 e. The van der Waals surface area contributed by atoms with E-state index in [0.717, 1.165) is 24.0 Å². The van der Waals surface area contributed by atoms with E-state index < -0.39 is 30.4 Å². The van der Waals surface area contributed by atoms with Gasteiger partial charge in [0.05, 0.1) is 24.4 Å². The zero-order valence-corrected chi connectivity index (χ0v) is 15.3. The third-order valence-corrected chi connectivity index (χ3v) is 5.45. The summed E-state index contributed by atoms with van der Waals surface area (Å²) in [6.07, 6.45) is -0.581. The van der Waals surface area contributed by atoms with Crippen molar-refractivity contribution in [2.45, 2.75) is 50.6 Å². The molecule has 0 amide bonds. The van der Waals surface area contributed by atoms with E-state index in [1.54, 1.807) is 6.07 Å². The number of aliphatic hydroxyl groups excluding tert-OH is 2. The van der Waals surface area contributed by atoms with Gasteiger partial charge in [0.15, 0.2) is 6.10 Å². The van der Waals surface area contributed by atoms with Crippen LogP contribution in [0.25, 0.3) is 0 Å². The van der Waals surface area contributed by atoms with E-state index in [2.05, 4.69) is 31.2 Å². The van der Waals surface area contributed by atoms with E-state index >= 15 is 0 Å². The van der Waals surface area contributed by atoms with Crippen molar-refractivity contribution < 1.29 is 24.5 Å². The van der Waals surface area contributed by atoms with Crippen molar-refractivity contribution in [3.63, 3.8) is 0 Å². The fourth-order valence-electron chi connectivity index (χ4n) is 3.91. The molecule has 0 unspecified atom stereocenters. The summed E-state index contributed by atoms with van der Waals surface area (Å²) in [5.41, 5.74) is 4.76. The van der Waals surface area contributed by atoms with Crippen LogP contribution in [0.4, 0.5) is 0 Å². The Hall–Kier alpha value is -2.21. The van der Waals surface area contributed by atoms with E-state index in [1.807, 2.05) is 12.1 Å². The second kappa shape index (κ2) is 7.43. The van der Waals surface area contributed by atoms with Gasteiger partial charge in [-0.05, 0) is 41.2 Å². The number of fused-ring (bicyclic) bond motifs is 3. The van der Waals surface area contributed by atoms with Crippen LogP contribution in [0.1, 0.15) is 52.1 Å². The first-order valence-corrected chi connectivity index (χ1v) is 9.45. The normalized spacial score (nSPS) is 26.9. The Morgan fingerprint density at radius 1 is 1.07 bits per heavy atom. The average Bonchev–Trinajstić information content (AvgIpc) is 2.69. The van der Waals surface area contributed by atoms with Gasteiger partial charge in [-0.2, -0.15) is 0 Å². The number of esters is 1. The Morgan fingerprint density at radius 2 is 1.78 bits per heavy atom. The molecule has 4 atom stereocenters. The Balaban J connectivity index is 1.64. The average molecular weight is 368 g/mol. The second-order valence-electron chi connectivity index (χ2n) is 7.30. The van der Waals surface area contributed by atoms with Crippen molar-refractivity contribution in [1.29, 1.82) is 0 Å². The van der Waals surface area contributed by atoms with E-state index in [1.165, 1.54) is 11.1 Å². The van der Waals surface area contributed by atoms with Crippen molar-refractivity contribution >= 4 is 5.97 Å². The third-order valence-electron chi connectivity index (χ3n) is 5.45. The number of hydrogen-bond acceptors (Lipinski definition) is 5. The van der Waals surface area contributed by atoms with E-state index in [-0.39, 0.29) is 13.0 Å². The summed E-state index contributed by atoms with van der Waals surface area (Å²) in [6, 6.07) is 14.2. The summed E-state index contributed by atoms with van der Waals surface area (Å²) < 4.78 is 11.3. The van der Waals surface area contributed by atoms with Gasteiger partial charge in [-0.1, -0.05) is 43.3 Å². The fourth-order valence-corrected chi connectivity index (χ4v) is 3.91. The quantitative estimate of drug-likeness (QED) is 0.811. The standard InChI is InChI=1S/C22H24O5/c1-2-13-3-5-14(6-4-13)9-15-7-8-17-18(10-15)20-21(27-22(17)25)19(24)11-16(12-23)26-20/h3-8,10,16,19-21,23-24H,2,9,11-12H2,1H3/t16-,19-,20-,21-/m0/s1. The molecule has 1 fully saturated rings. The summed E-state index contributed by atoms with van der Waals surface area (Å²) in [5.74, 6) is -0.435. The topological polar surface area (TPSA) is 76.0 Å². The first-order chi connectivity index (χ1) is 13.1. The minimum atomic E-state index is -0.844. The lowest BCUT2D eigenvalue weighted by Crippen LogP contribution is -2.49. The number of carbonyl (C=O) groups excluding carboxylic acids is 1. The molecule has 5 heteroatoms. The molecule has 5 nitrogen and oxygen atoms in total. The maximum atomic E-state index is 12.3. The summed E-state index contributed by atoms with van der Waals surface area (Å²) in [5, 5.41) is 19.8. The van der Waals surface area contributed by atoms with Crippen molar-refractivity contribution in [3.05, 3.63) is 70.3 Å². The number of ether oxygens (including phenoxy) is 2. The fraction of sp³-hybridized carbons (Fsp3) is 0.409. The van der Waals surface area contributed by atoms with Crippen molar-refractivity contribution in [3.8, 4) is 0 Å². The van der Waals surface area contributed by atoms with Gasteiger partial charge < -0.3 is 19.7 Å². The van der Waals surface area contributed by atoms with Crippen LogP contribution in [0.5, 0.6) is 0 Å². The molecule has 0 aliphatic carbocycles. The molecule has 2 aliphatic rings. The monoisotopic (exact) mass is 368 g/mol. The zero-order chi connectivity index (χ0) is 19.0. The minimum absolute atomic E-state index is 0.174. The molecule has 1 saturated heterocycles. The van der Waals surface area contributed by atoms with Crippen LogP contribution >= 0.6 is 0 Å². The highest BCUT2D eigenvalue weighted by Gasteiger charge is 2.45. The van der Waals surface area contributed by atoms with Crippen LogP contribution in [0.15, 0.2) is 42.5 Å². The van der Waals surface area contributed by atoms with Gasteiger partial charge in [-0.25, -0.2) is 4.79 Å². The largest absolute Gasteiger partial charge is 0.453 e. The van der Waals surface area contributed by atoms with Crippen molar-refractivity contribution in [2.75, 3.05) is 6.61 Å². The summed E-state index contributed by atoms with van der Waals surface area (Å²) in [7, 11) is 0. The Morgan fingerprint density at radius 3 is 2.48 bits per heavy atom. The summed E-state index contributed by atoms with van der Waals surface area (Å²) in [4.78, 5) is 12.3. The minimum Gasteiger partial charge on any atom is -0.453 e. The van der Waals surface area contributed by atoms with Gasteiger partial charge >= 0.3 is 5.97 Å². The van der Waals surface area contributed by atoms with Gasteiger partial charge in [0.25, 0.3) is 0 Å². The third kappa shape index (κ3) is 3.50. The lowest BCUT2D eigenvalue weighted by Gasteiger charge is -2.42. The van der Waals surface area contributed by atoms with Gasteiger partial charge in [0, 0.05) is 6.42 Å². The van der Waals surface area contributed by atoms with Gasteiger partial charge in [0.2, 0.25) is 0 Å². The molecule has 4 rings (SSSR count). The summed E-state index contributed by atoms with van der Waals surface area (Å²) in [6.45, 7) is 1.96. The van der Waals surface area contributed by atoms with Crippen LogP contribution in [-0.4, -0.2) is 41.1 Å². The molecule has 2 aromatic carbocycles. The lowest BCUT2D eigenvalue weighted by molar-refractivity contribution is -0.185. The SMILES string of the molecule is CCc1ccc(Cc2ccc3c(c2)[C@@H]2O[C@H](CO)C[C@H](O)[C@@H]2OC3=O)cc1. The summed E-state index contributed by atoms with van der Waals surface area (Å²) >= 11 is 0. The molecule has 2 N–H and O–H groups in total. The molecule has 2 aromatic rings. The molecule has 0 bridgehead atoms. The molecule has 2 heterocycles. The van der Waals surface area contributed by atoms with Crippen molar-refractivity contribution in [2.24, 2.45) is 0 Å². The molecule has 0 spiro atoms. The Labute approximate surface area is 158 Å². The van der Waals surface area contributed by atoms with Crippen LogP contribution in [-0.2, 0) is 22.3 Å². The maximum absolute atomic E-state index is 12.3. The number of rotatable bonds is 4. The Kier molecular flexibility index (Phi) is 5.00. The smallest absolute Gasteiger partial charge is 0.338 e. The first-order valence-electron chi connectivity index (χ1n) is 9.45. The van der Waals surface area contributed by atoms with Crippen LogP contribution in [0.3, 0.4) is 0 Å².